The zero-order valence-corrected chi connectivity index (χ0v) is 23.2. The number of benzene rings is 1. The Morgan fingerprint density at radius 1 is 0.974 bits per heavy atom. The quantitative estimate of drug-likeness (QED) is 0.583. The molecule has 2 amide bonds. The zero-order valence-electron chi connectivity index (χ0n) is 21.7. The van der Waals surface area contributed by atoms with Gasteiger partial charge in [0, 0.05) is 66.2 Å². The lowest BCUT2D eigenvalue weighted by molar-refractivity contribution is -0.0801. The van der Waals surface area contributed by atoms with Gasteiger partial charge in [-0.2, -0.15) is 0 Å². The van der Waals surface area contributed by atoms with Gasteiger partial charge in [-0.15, -0.1) is 10.2 Å². The summed E-state index contributed by atoms with van der Waals surface area (Å²) in [5.74, 6) is 3.48. The van der Waals surface area contributed by atoms with E-state index in [0.717, 1.165) is 76.4 Å². The van der Waals surface area contributed by atoms with Crippen LogP contribution in [-0.2, 0) is 9.84 Å². The molecule has 204 valence electrons. The van der Waals surface area contributed by atoms with Crippen molar-refractivity contribution in [1.29, 1.82) is 0 Å². The third kappa shape index (κ3) is 4.37. The number of likely N-dealkylation sites (tertiary alicyclic amines) is 2. The predicted molar refractivity (Wildman–Crippen MR) is 141 cm³/mol. The number of carbonyl (C=O) groups is 1. The van der Waals surface area contributed by atoms with E-state index in [0.29, 0.717) is 22.6 Å². The highest BCUT2D eigenvalue weighted by atomic mass is 35.5. The first kappa shape index (κ1) is 24.7. The number of carbonyl (C=O) groups excluding carboxylic acids is 1. The Bertz CT molecular complexity index is 1360. The van der Waals surface area contributed by atoms with Gasteiger partial charge in [0.15, 0.2) is 9.84 Å². The van der Waals surface area contributed by atoms with E-state index < -0.39 is 9.84 Å². The van der Waals surface area contributed by atoms with E-state index in [1.54, 1.807) is 12.1 Å². The molecule has 5 fully saturated rings. The van der Waals surface area contributed by atoms with Gasteiger partial charge in [-0.1, -0.05) is 11.6 Å². The minimum Gasteiger partial charge on any atom is -0.489 e. The molecule has 0 unspecified atom stereocenters. The SMILES string of the molecule is CS(=O)(=O)c1ccc(Cl)cc1OC1CCC2(CC1)CN(C(=O)N1CC3(CC(c4nnc(C5CC5)[nH]4)C3)C1)C2. The molecule has 1 aromatic heterocycles. The number of aromatic nitrogens is 3. The molecule has 2 spiro atoms. The monoisotopic (exact) mass is 559 g/mol. The van der Waals surface area contributed by atoms with Crippen LogP contribution in [0.3, 0.4) is 0 Å². The molecule has 38 heavy (non-hydrogen) atoms. The van der Waals surface area contributed by atoms with Crippen LogP contribution in [0.2, 0.25) is 5.02 Å². The molecule has 3 saturated carbocycles. The van der Waals surface area contributed by atoms with Crippen molar-refractivity contribution in [3.63, 3.8) is 0 Å². The molecule has 3 heterocycles. The molecule has 9 nitrogen and oxygen atoms in total. The summed E-state index contributed by atoms with van der Waals surface area (Å²) in [6, 6.07) is 4.85. The number of nitrogens with zero attached hydrogens (tertiary/aromatic N) is 4. The van der Waals surface area contributed by atoms with Crippen LogP contribution in [0.4, 0.5) is 4.79 Å². The Morgan fingerprint density at radius 2 is 1.58 bits per heavy atom. The highest BCUT2D eigenvalue weighted by Gasteiger charge is 2.57. The van der Waals surface area contributed by atoms with Crippen molar-refractivity contribution in [2.24, 2.45) is 10.8 Å². The predicted octanol–water partition coefficient (Wildman–Crippen LogP) is 4.36. The number of urea groups is 1. The molecule has 3 aliphatic carbocycles. The fourth-order valence-electron chi connectivity index (χ4n) is 7.15. The van der Waals surface area contributed by atoms with Crippen molar-refractivity contribution in [3.8, 4) is 5.75 Å². The van der Waals surface area contributed by atoms with Crippen LogP contribution < -0.4 is 4.74 Å². The maximum absolute atomic E-state index is 13.1. The minimum absolute atomic E-state index is 0.0455. The highest BCUT2D eigenvalue weighted by Crippen LogP contribution is 2.56. The average Bonchev–Trinajstić information content (AvgIpc) is 3.53. The van der Waals surface area contributed by atoms with Crippen molar-refractivity contribution >= 4 is 27.5 Å². The van der Waals surface area contributed by atoms with Gasteiger partial charge in [-0.25, -0.2) is 13.2 Å². The van der Waals surface area contributed by atoms with Crippen molar-refractivity contribution in [3.05, 3.63) is 34.9 Å². The van der Waals surface area contributed by atoms with E-state index >= 15 is 0 Å². The van der Waals surface area contributed by atoms with Crippen LogP contribution >= 0.6 is 11.6 Å². The van der Waals surface area contributed by atoms with Gasteiger partial charge in [0.25, 0.3) is 0 Å². The van der Waals surface area contributed by atoms with Crippen molar-refractivity contribution in [1.82, 2.24) is 25.0 Å². The summed E-state index contributed by atoms with van der Waals surface area (Å²) < 4.78 is 30.4. The molecule has 2 aliphatic heterocycles. The molecule has 7 rings (SSSR count). The number of rotatable bonds is 5. The number of ether oxygens (including phenoxy) is 1. The molecule has 1 aromatic carbocycles. The minimum atomic E-state index is -3.40. The molecule has 2 saturated heterocycles. The van der Waals surface area contributed by atoms with Crippen LogP contribution in [-0.4, -0.2) is 78.0 Å². The molecule has 1 N–H and O–H groups in total. The van der Waals surface area contributed by atoms with Crippen molar-refractivity contribution in [2.45, 2.75) is 74.2 Å². The van der Waals surface area contributed by atoms with E-state index in [1.807, 2.05) is 9.80 Å². The van der Waals surface area contributed by atoms with Crippen molar-refractivity contribution in [2.75, 3.05) is 32.4 Å². The third-order valence-corrected chi connectivity index (χ3v) is 10.8. The van der Waals surface area contributed by atoms with Crippen molar-refractivity contribution < 1.29 is 17.9 Å². The molecule has 0 radical (unpaired) electrons. The van der Waals surface area contributed by atoms with Gasteiger partial charge in [0.2, 0.25) is 0 Å². The summed E-state index contributed by atoms with van der Waals surface area (Å²) in [5, 5.41) is 9.17. The first-order valence-electron chi connectivity index (χ1n) is 13.7. The van der Waals surface area contributed by atoms with Gasteiger partial charge >= 0.3 is 6.03 Å². The first-order valence-corrected chi connectivity index (χ1v) is 16.0. The summed E-state index contributed by atoms with van der Waals surface area (Å²) in [6.07, 6.45) is 9.41. The highest BCUT2D eigenvalue weighted by molar-refractivity contribution is 7.90. The molecular formula is C27H34ClN5O4S. The Labute approximate surface area is 228 Å². The van der Waals surface area contributed by atoms with Crippen LogP contribution in [0.25, 0.3) is 0 Å². The van der Waals surface area contributed by atoms with Gasteiger partial charge in [0.05, 0.1) is 6.10 Å². The summed E-state index contributed by atoms with van der Waals surface area (Å²) in [7, 11) is -3.40. The van der Waals surface area contributed by atoms with Gasteiger partial charge in [-0.3, -0.25) is 0 Å². The van der Waals surface area contributed by atoms with Gasteiger partial charge in [0.1, 0.15) is 22.3 Å². The number of sulfone groups is 1. The summed E-state index contributed by atoms with van der Waals surface area (Å²) in [6.45, 7) is 3.32. The van der Waals surface area contributed by atoms with Crippen LogP contribution in [0.1, 0.15) is 74.9 Å². The number of hydrogen-bond acceptors (Lipinski definition) is 6. The smallest absolute Gasteiger partial charge is 0.320 e. The fraction of sp³-hybridized carbons (Fsp3) is 0.667. The van der Waals surface area contributed by atoms with Crippen LogP contribution in [0.5, 0.6) is 5.75 Å². The molecule has 0 bridgehead atoms. The molecule has 0 atom stereocenters. The maximum Gasteiger partial charge on any atom is 0.320 e. The lowest BCUT2D eigenvalue weighted by Crippen LogP contribution is -2.69. The number of hydrogen-bond donors (Lipinski definition) is 1. The lowest BCUT2D eigenvalue weighted by Gasteiger charge is -2.61. The third-order valence-electron chi connectivity index (χ3n) is 9.47. The lowest BCUT2D eigenvalue weighted by atomic mass is 9.57. The fourth-order valence-corrected chi connectivity index (χ4v) is 8.10. The van der Waals surface area contributed by atoms with E-state index in [4.69, 9.17) is 16.3 Å². The molecule has 2 aromatic rings. The average molecular weight is 560 g/mol. The second kappa shape index (κ2) is 8.58. The number of aromatic amines is 1. The van der Waals surface area contributed by atoms with E-state index in [9.17, 15) is 13.2 Å². The Kier molecular flexibility index (Phi) is 5.58. The zero-order chi connectivity index (χ0) is 26.3. The van der Waals surface area contributed by atoms with Gasteiger partial charge in [-0.05, 0) is 63.5 Å². The van der Waals surface area contributed by atoms with Gasteiger partial charge < -0.3 is 19.5 Å². The normalized spacial score (nSPS) is 24.7. The van der Waals surface area contributed by atoms with Crippen LogP contribution in [0.15, 0.2) is 23.1 Å². The Balaban J connectivity index is 0.870. The van der Waals surface area contributed by atoms with E-state index in [-0.39, 0.29) is 27.9 Å². The van der Waals surface area contributed by atoms with Crippen LogP contribution in [0, 0.1) is 10.8 Å². The topological polar surface area (TPSA) is 108 Å². The standard InChI is InChI=1S/C27H34ClN5O4S/c1-38(35,36)22-5-4-19(28)10-21(22)37-20-6-8-26(9-7-20)13-32(14-26)25(34)33-15-27(16-33)11-18(12-27)24-29-23(30-31-24)17-2-3-17/h4-5,10,17-18,20H,2-3,6-9,11-16H2,1H3,(H,29,30,31). The summed E-state index contributed by atoms with van der Waals surface area (Å²) in [4.78, 5) is 20.7. The summed E-state index contributed by atoms with van der Waals surface area (Å²) >= 11 is 6.11. The maximum atomic E-state index is 13.1. The Morgan fingerprint density at radius 3 is 2.18 bits per heavy atom. The molecular weight excluding hydrogens is 526 g/mol. The largest absolute Gasteiger partial charge is 0.489 e. The Hall–Kier alpha value is -2.33. The second-order valence-electron chi connectivity index (χ2n) is 12.7. The number of H-pyrrole nitrogens is 1. The number of halogens is 1. The van der Waals surface area contributed by atoms with E-state index in [1.165, 1.54) is 25.2 Å². The number of nitrogens with one attached hydrogen (secondary N) is 1. The molecule has 11 heteroatoms. The summed E-state index contributed by atoms with van der Waals surface area (Å²) in [5.41, 5.74) is 0.440. The second-order valence-corrected chi connectivity index (χ2v) is 15.1. The van der Waals surface area contributed by atoms with E-state index in [2.05, 4.69) is 15.2 Å². The first-order chi connectivity index (χ1) is 18.1. The number of amides is 2. The molecule has 5 aliphatic rings.